The number of hydrogen-bond donors (Lipinski definition) is 0. The van der Waals surface area contributed by atoms with Crippen LogP contribution in [0.5, 0.6) is 0 Å². The van der Waals surface area contributed by atoms with Crippen LogP contribution in [0, 0.1) is 0 Å². The molecule has 2 aromatic rings. The van der Waals surface area contributed by atoms with E-state index in [1.54, 1.807) is 10.6 Å². The molecule has 0 atom stereocenters. The molecule has 0 saturated carbocycles. The van der Waals surface area contributed by atoms with Gasteiger partial charge in [0.2, 0.25) is 0 Å². The molecule has 94 valence electrons. The summed E-state index contributed by atoms with van der Waals surface area (Å²) in [4.78, 5) is 20.6. The number of fused-ring (bicyclic) bond motifs is 1. The van der Waals surface area contributed by atoms with E-state index in [1.807, 2.05) is 18.3 Å². The van der Waals surface area contributed by atoms with Crippen LogP contribution in [0.25, 0.3) is 5.65 Å². The minimum Gasteiger partial charge on any atom is -0.368 e. The molecule has 5 nitrogen and oxygen atoms in total. The second-order valence-electron chi connectivity index (χ2n) is 4.69. The molecule has 3 heterocycles. The Balaban J connectivity index is 1.98. The van der Waals surface area contributed by atoms with E-state index in [2.05, 4.69) is 21.8 Å². The third kappa shape index (κ3) is 1.97. The van der Waals surface area contributed by atoms with Gasteiger partial charge in [-0.3, -0.25) is 9.20 Å². The fourth-order valence-corrected chi connectivity index (χ4v) is 2.27. The summed E-state index contributed by atoms with van der Waals surface area (Å²) in [7, 11) is 2.13. The van der Waals surface area contributed by atoms with Crippen LogP contribution in [-0.4, -0.2) is 47.5 Å². The van der Waals surface area contributed by atoms with E-state index in [9.17, 15) is 4.79 Å². The fraction of sp³-hybridized carbons (Fsp3) is 0.385. The molecule has 0 bridgehead atoms. The molecular formula is C13H16N4O. The number of pyridine rings is 1. The monoisotopic (exact) mass is 244 g/mol. The molecule has 0 N–H and O–H groups in total. The van der Waals surface area contributed by atoms with Crippen LogP contribution in [-0.2, 0) is 0 Å². The van der Waals surface area contributed by atoms with Crippen LogP contribution < -0.4 is 10.5 Å². The molecule has 1 aliphatic rings. The van der Waals surface area contributed by atoms with E-state index in [-0.39, 0.29) is 5.56 Å². The maximum Gasteiger partial charge on any atom is 0.257 e. The molecule has 18 heavy (non-hydrogen) atoms. The van der Waals surface area contributed by atoms with E-state index >= 15 is 0 Å². The summed E-state index contributed by atoms with van der Waals surface area (Å²) >= 11 is 0. The molecular weight excluding hydrogens is 228 g/mol. The van der Waals surface area contributed by atoms with Gasteiger partial charge in [0.15, 0.2) is 0 Å². The lowest BCUT2D eigenvalue weighted by molar-refractivity contribution is 0.313. The van der Waals surface area contributed by atoms with E-state index in [1.165, 1.54) is 6.07 Å². The van der Waals surface area contributed by atoms with Crippen LogP contribution >= 0.6 is 0 Å². The molecule has 0 spiro atoms. The van der Waals surface area contributed by atoms with Crippen molar-refractivity contribution in [3.63, 3.8) is 0 Å². The minimum absolute atomic E-state index is 0.0315. The van der Waals surface area contributed by atoms with Crippen molar-refractivity contribution in [2.75, 3.05) is 38.1 Å². The van der Waals surface area contributed by atoms with Gasteiger partial charge < -0.3 is 9.80 Å². The molecule has 3 rings (SSSR count). The topological polar surface area (TPSA) is 40.8 Å². The molecule has 1 fully saturated rings. The van der Waals surface area contributed by atoms with Crippen LogP contribution in [0.4, 0.5) is 5.69 Å². The van der Waals surface area contributed by atoms with Crippen LogP contribution in [0.3, 0.4) is 0 Å². The van der Waals surface area contributed by atoms with Gasteiger partial charge in [0.1, 0.15) is 5.65 Å². The largest absolute Gasteiger partial charge is 0.368 e. The Kier molecular flexibility index (Phi) is 2.76. The lowest BCUT2D eigenvalue weighted by Gasteiger charge is -2.34. The summed E-state index contributed by atoms with van der Waals surface area (Å²) in [5.74, 6) is 0. The molecule has 0 radical (unpaired) electrons. The summed E-state index contributed by atoms with van der Waals surface area (Å²) in [6.07, 6.45) is 3.43. The van der Waals surface area contributed by atoms with Crippen LogP contribution in [0.2, 0.25) is 0 Å². The van der Waals surface area contributed by atoms with Gasteiger partial charge in [-0.05, 0) is 19.2 Å². The molecule has 5 heteroatoms. The molecule has 0 amide bonds. The van der Waals surface area contributed by atoms with E-state index in [0.717, 1.165) is 31.9 Å². The van der Waals surface area contributed by atoms with Gasteiger partial charge in [0.05, 0.1) is 5.69 Å². The third-order valence-electron chi connectivity index (χ3n) is 3.44. The first-order valence-electron chi connectivity index (χ1n) is 6.15. The molecule has 0 aromatic carbocycles. The number of hydrogen-bond acceptors (Lipinski definition) is 4. The van der Waals surface area contributed by atoms with Crippen molar-refractivity contribution in [1.29, 1.82) is 0 Å². The lowest BCUT2D eigenvalue weighted by Crippen LogP contribution is -2.44. The van der Waals surface area contributed by atoms with Crippen LogP contribution in [0.15, 0.2) is 35.4 Å². The maximum atomic E-state index is 11.8. The SMILES string of the molecule is CN1CCN(c2ccc3nccc(=O)n3c2)CC1. The van der Waals surface area contributed by atoms with E-state index in [0.29, 0.717) is 5.65 Å². The van der Waals surface area contributed by atoms with E-state index < -0.39 is 0 Å². The number of rotatable bonds is 1. The molecule has 1 saturated heterocycles. The van der Waals surface area contributed by atoms with Gasteiger partial charge >= 0.3 is 0 Å². The summed E-state index contributed by atoms with van der Waals surface area (Å²) < 4.78 is 1.60. The Bertz CT molecular complexity index is 614. The normalized spacial score (nSPS) is 17.3. The molecule has 1 aliphatic heterocycles. The van der Waals surface area contributed by atoms with Crippen molar-refractivity contribution in [3.8, 4) is 0 Å². The first-order valence-corrected chi connectivity index (χ1v) is 6.15. The standard InChI is InChI=1S/C13H16N4O/c1-15-6-8-16(9-7-15)11-2-3-12-14-5-4-13(18)17(12)10-11/h2-5,10H,6-9H2,1H3. The number of likely N-dealkylation sites (N-methyl/N-ethyl adjacent to an activating group) is 1. The van der Waals surface area contributed by atoms with Crippen LogP contribution in [0.1, 0.15) is 0 Å². The van der Waals surface area contributed by atoms with Gasteiger partial charge in [-0.15, -0.1) is 0 Å². The van der Waals surface area contributed by atoms with Gasteiger partial charge in [-0.2, -0.15) is 0 Å². The average Bonchev–Trinajstić information content (AvgIpc) is 2.40. The smallest absolute Gasteiger partial charge is 0.257 e. The first-order chi connectivity index (χ1) is 8.74. The zero-order chi connectivity index (χ0) is 12.5. The third-order valence-corrected chi connectivity index (χ3v) is 3.44. The Morgan fingerprint density at radius 1 is 1.11 bits per heavy atom. The molecule has 0 unspecified atom stereocenters. The van der Waals surface area contributed by atoms with Crippen molar-refractivity contribution in [3.05, 3.63) is 40.9 Å². The first kappa shape index (κ1) is 11.2. The van der Waals surface area contributed by atoms with Gasteiger partial charge in [-0.25, -0.2) is 4.98 Å². The number of anilines is 1. The second kappa shape index (κ2) is 4.42. The highest BCUT2D eigenvalue weighted by molar-refractivity contribution is 5.51. The predicted octanol–water partition coefficient (Wildman–Crippen LogP) is 0.446. The number of nitrogens with zero attached hydrogens (tertiary/aromatic N) is 4. The quantitative estimate of drug-likeness (QED) is 0.730. The van der Waals surface area contributed by atoms with Crippen molar-refractivity contribution in [2.45, 2.75) is 0 Å². The summed E-state index contributed by atoms with van der Waals surface area (Å²) in [5.41, 5.74) is 1.75. The fourth-order valence-electron chi connectivity index (χ4n) is 2.27. The highest BCUT2D eigenvalue weighted by Gasteiger charge is 2.14. The zero-order valence-electron chi connectivity index (χ0n) is 10.4. The van der Waals surface area contributed by atoms with Crippen molar-refractivity contribution in [1.82, 2.24) is 14.3 Å². The minimum atomic E-state index is -0.0315. The van der Waals surface area contributed by atoms with Gasteiger partial charge in [0, 0.05) is 44.6 Å². The van der Waals surface area contributed by atoms with Gasteiger partial charge in [0.25, 0.3) is 5.56 Å². The zero-order valence-corrected chi connectivity index (χ0v) is 10.4. The summed E-state index contributed by atoms with van der Waals surface area (Å²) in [5, 5.41) is 0. The van der Waals surface area contributed by atoms with Crippen molar-refractivity contribution in [2.24, 2.45) is 0 Å². The Morgan fingerprint density at radius 2 is 1.89 bits per heavy atom. The highest BCUT2D eigenvalue weighted by atomic mass is 16.1. The summed E-state index contributed by atoms with van der Waals surface area (Å²) in [6.45, 7) is 4.11. The second-order valence-corrected chi connectivity index (χ2v) is 4.69. The van der Waals surface area contributed by atoms with Crippen molar-refractivity contribution < 1.29 is 0 Å². The predicted molar refractivity (Wildman–Crippen MR) is 71.2 cm³/mol. The lowest BCUT2D eigenvalue weighted by atomic mass is 10.3. The Hall–Kier alpha value is -1.88. The van der Waals surface area contributed by atoms with Crippen molar-refractivity contribution >= 4 is 11.3 Å². The summed E-state index contributed by atoms with van der Waals surface area (Å²) in [6, 6.07) is 5.42. The highest BCUT2D eigenvalue weighted by Crippen LogP contribution is 2.15. The number of piperazine rings is 1. The maximum absolute atomic E-state index is 11.8. The average molecular weight is 244 g/mol. The number of aromatic nitrogens is 2. The molecule has 2 aromatic heterocycles. The van der Waals surface area contributed by atoms with E-state index in [4.69, 9.17) is 0 Å². The van der Waals surface area contributed by atoms with Gasteiger partial charge in [-0.1, -0.05) is 0 Å². The Morgan fingerprint density at radius 3 is 2.67 bits per heavy atom. The molecule has 0 aliphatic carbocycles. The Labute approximate surface area is 105 Å².